The molecule has 0 saturated carbocycles. The second-order valence-corrected chi connectivity index (χ2v) is 5.94. The maximum absolute atomic E-state index is 12.4. The lowest BCUT2D eigenvalue weighted by Crippen LogP contribution is -2.24. The van der Waals surface area contributed by atoms with Crippen LogP contribution in [-0.4, -0.2) is 23.8 Å². The van der Waals surface area contributed by atoms with Gasteiger partial charge < -0.3 is 9.84 Å². The van der Waals surface area contributed by atoms with E-state index < -0.39 is 0 Å². The summed E-state index contributed by atoms with van der Waals surface area (Å²) in [4.78, 5) is 12.4. The Morgan fingerprint density at radius 3 is 2.12 bits per heavy atom. The lowest BCUT2D eigenvalue weighted by atomic mass is 9.97. The Morgan fingerprint density at radius 1 is 1.04 bits per heavy atom. The summed E-state index contributed by atoms with van der Waals surface area (Å²) in [7, 11) is 0. The third-order valence-corrected chi connectivity index (χ3v) is 4.04. The molecule has 126 valence electrons. The van der Waals surface area contributed by atoms with E-state index in [0.29, 0.717) is 12.0 Å². The average molecular weight is 324 g/mol. The zero-order valence-electron chi connectivity index (χ0n) is 14.2. The molecule has 0 aliphatic carbocycles. The summed E-state index contributed by atoms with van der Waals surface area (Å²) >= 11 is 0. The van der Waals surface area contributed by atoms with Gasteiger partial charge in [-0.1, -0.05) is 55.5 Å². The third-order valence-electron chi connectivity index (χ3n) is 4.04. The lowest BCUT2D eigenvalue weighted by molar-refractivity contribution is 0.0265. The van der Waals surface area contributed by atoms with Crippen LogP contribution in [0.5, 0.6) is 0 Å². The summed E-state index contributed by atoms with van der Waals surface area (Å²) in [6, 6.07) is 19.0. The minimum atomic E-state index is -0.384. The van der Waals surface area contributed by atoms with E-state index in [4.69, 9.17) is 4.74 Å². The molecule has 24 heavy (non-hydrogen) atoms. The fraction of sp³-hybridized carbons (Fsp3) is 0.286. The van der Waals surface area contributed by atoms with Gasteiger partial charge in [0.25, 0.3) is 0 Å². The molecule has 3 nitrogen and oxygen atoms in total. The van der Waals surface area contributed by atoms with Crippen LogP contribution in [0, 0.1) is 5.92 Å². The molecular weight excluding hydrogens is 300 g/mol. The molecule has 0 fully saturated rings. The SMILES string of the molecule is C/C(=C\C(OC(=O)c1ccccc1)[C@@H](C)CCO)c1ccccc1. The van der Waals surface area contributed by atoms with E-state index in [1.165, 1.54) is 0 Å². The summed E-state index contributed by atoms with van der Waals surface area (Å²) in [6.45, 7) is 4.05. The molecule has 0 heterocycles. The zero-order valence-corrected chi connectivity index (χ0v) is 14.2. The Kier molecular flexibility index (Phi) is 6.76. The second kappa shape index (κ2) is 9.04. The molecule has 0 amide bonds. The van der Waals surface area contributed by atoms with Gasteiger partial charge in [0.05, 0.1) is 5.56 Å². The molecule has 0 aromatic heterocycles. The van der Waals surface area contributed by atoms with Crippen molar-refractivity contribution in [1.82, 2.24) is 0 Å². The molecule has 0 spiro atoms. The number of benzene rings is 2. The number of ether oxygens (including phenoxy) is 1. The van der Waals surface area contributed by atoms with Crippen LogP contribution in [0.2, 0.25) is 0 Å². The molecule has 0 radical (unpaired) electrons. The van der Waals surface area contributed by atoms with Gasteiger partial charge in [0, 0.05) is 6.61 Å². The van der Waals surface area contributed by atoms with E-state index in [1.807, 2.05) is 68.5 Å². The fourth-order valence-corrected chi connectivity index (χ4v) is 2.49. The van der Waals surface area contributed by atoms with Crippen molar-refractivity contribution in [3.8, 4) is 0 Å². The topological polar surface area (TPSA) is 46.5 Å². The molecule has 1 N–H and O–H groups in total. The van der Waals surface area contributed by atoms with E-state index in [1.54, 1.807) is 12.1 Å². The van der Waals surface area contributed by atoms with E-state index in [-0.39, 0.29) is 24.6 Å². The van der Waals surface area contributed by atoms with Crippen molar-refractivity contribution in [3.05, 3.63) is 77.9 Å². The molecule has 2 aromatic carbocycles. The van der Waals surface area contributed by atoms with Crippen LogP contribution in [0.1, 0.15) is 36.2 Å². The first kappa shape index (κ1) is 18.0. The number of hydrogen-bond acceptors (Lipinski definition) is 3. The van der Waals surface area contributed by atoms with E-state index in [0.717, 1.165) is 11.1 Å². The van der Waals surface area contributed by atoms with Gasteiger partial charge in [0.15, 0.2) is 0 Å². The molecule has 0 bridgehead atoms. The van der Waals surface area contributed by atoms with Crippen molar-refractivity contribution in [1.29, 1.82) is 0 Å². The smallest absolute Gasteiger partial charge is 0.338 e. The van der Waals surface area contributed by atoms with E-state index >= 15 is 0 Å². The monoisotopic (exact) mass is 324 g/mol. The van der Waals surface area contributed by atoms with Crippen LogP contribution in [0.3, 0.4) is 0 Å². The van der Waals surface area contributed by atoms with Gasteiger partial charge in [-0.05, 0) is 48.6 Å². The van der Waals surface area contributed by atoms with Gasteiger partial charge in [-0.25, -0.2) is 4.79 Å². The Morgan fingerprint density at radius 2 is 1.58 bits per heavy atom. The third kappa shape index (κ3) is 5.07. The fourth-order valence-electron chi connectivity index (χ4n) is 2.49. The number of carbonyl (C=O) groups is 1. The number of aliphatic hydroxyl groups excluding tert-OH is 1. The maximum atomic E-state index is 12.4. The molecule has 0 aliphatic rings. The first-order valence-electron chi connectivity index (χ1n) is 8.22. The van der Waals surface area contributed by atoms with E-state index in [2.05, 4.69) is 0 Å². The predicted octanol–water partition coefficient (Wildman–Crippen LogP) is 4.33. The number of rotatable bonds is 7. The molecule has 1 unspecified atom stereocenters. The number of esters is 1. The normalized spacial score (nSPS) is 14.0. The van der Waals surface area contributed by atoms with Crippen LogP contribution in [0.4, 0.5) is 0 Å². The largest absolute Gasteiger partial charge is 0.454 e. The highest BCUT2D eigenvalue weighted by Gasteiger charge is 2.20. The average Bonchev–Trinajstić information content (AvgIpc) is 2.62. The number of carbonyl (C=O) groups excluding carboxylic acids is 1. The first-order chi connectivity index (χ1) is 11.6. The minimum Gasteiger partial charge on any atom is -0.454 e. The molecule has 0 aliphatic heterocycles. The van der Waals surface area contributed by atoms with Crippen molar-refractivity contribution < 1.29 is 14.6 Å². The highest BCUT2D eigenvalue weighted by atomic mass is 16.5. The zero-order chi connectivity index (χ0) is 17.4. The summed E-state index contributed by atoms with van der Waals surface area (Å²) in [6.07, 6.45) is 2.16. The van der Waals surface area contributed by atoms with Crippen LogP contribution < -0.4 is 0 Å². The number of hydrogen-bond donors (Lipinski definition) is 1. The summed E-state index contributed by atoms with van der Waals surface area (Å²) < 4.78 is 5.72. The molecule has 2 atom stereocenters. The van der Waals surface area contributed by atoms with Gasteiger partial charge in [-0.3, -0.25) is 0 Å². The standard InChI is InChI=1S/C21H24O3/c1-16(13-14-22)20(15-17(2)18-9-5-3-6-10-18)24-21(23)19-11-7-4-8-12-19/h3-12,15-16,20,22H,13-14H2,1-2H3/b17-15+/t16-,20?/m0/s1. The van der Waals surface area contributed by atoms with Crippen molar-refractivity contribution >= 4 is 11.5 Å². The van der Waals surface area contributed by atoms with Gasteiger partial charge in [-0.15, -0.1) is 0 Å². The van der Waals surface area contributed by atoms with E-state index in [9.17, 15) is 9.90 Å². The van der Waals surface area contributed by atoms with Crippen molar-refractivity contribution in [3.63, 3.8) is 0 Å². The maximum Gasteiger partial charge on any atom is 0.338 e. The molecular formula is C21H24O3. The van der Waals surface area contributed by atoms with Gasteiger partial charge in [0.1, 0.15) is 6.10 Å². The lowest BCUT2D eigenvalue weighted by Gasteiger charge is -2.22. The first-order valence-corrected chi connectivity index (χ1v) is 8.22. The Bertz CT molecular complexity index is 662. The molecule has 3 heteroatoms. The quantitative estimate of drug-likeness (QED) is 0.771. The summed E-state index contributed by atoms with van der Waals surface area (Å²) in [5, 5.41) is 9.23. The molecule has 2 aromatic rings. The number of aliphatic hydroxyl groups is 1. The highest BCUT2D eigenvalue weighted by molar-refractivity contribution is 5.89. The second-order valence-electron chi connectivity index (χ2n) is 5.94. The van der Waals surface area contributed by atoms with Crippen LogP contribution in [0.15, 0.2) is 66.7 Å². The molecule has 2 rings (SSSR count). The van der Waals surface area contributed by atoms with Gasteiger partial charge in [-0.2, -0.15) is 0 Å². The van der Waals surface area contributed by atoms with Gasteiger partial charge in [0.2, 0.25) is 0 Å². The number of allylic oxidation sites excluding steroid dienone is 1. The Hall–Kier alpha value is -2.39. The summed E-state index contributed by atoms with van der Waals surface area (Å²) in [5.74, 6) is -0.316. The highest BCUT2D eigenvalue weighted by Crippen LogP contribution is 2.21. The predicted molar refractivity (Wildman–Crippen MR) is 96.6 cm³/mol. The Balaban J connectivity index is 2.20. The van der Waals surface area contributed by atoms with Crippen molar-refractivity contribution in [2.75, 3.05) is 6.61 Å². The van der Waals surface area contributed by atoms with Crippen LogP contribution in [0.25, 0.3) is 5.57 Å². The Labute approximate surface area is 143 Å². The summed E-state index contributed by atoms with van der Waals surface area (Å²) in [5.41, 5.74) is 2.67. The van der Waals surface area contributed by atoms with Crippen LogP contribution in [-0.2, 0) is 4.74 Å². The van der Waals surface area contributed by atoms with Crippen LogP contribution >= 0.6 is 0 Å². The van der Waals surface area contributed by atoms with Crippen molar-refractivity contribution in [2.45, 2.75) is 26.4 Å². The molecule has 0 saturated heterocycles. The van der Waals surface area contributed by atoms with Gasteiger partial charge >= 0.3 is 5.97 Å². The van der Waals surface area contributed by atoms with Crippen molar-refractivity contribution in [2.24, 2.45) is 5.92 Å². The minimum absolute atomic E-state index is 0.0290.